The number of likely N-dealkylation sites (tertiary alicyclic amines) is 1. The first-order valence-electron chi connectivity index (χ1n) is 7.09. The van der Waals surface area contributed by atoms with Crippen LogP contribution < -0.4 is 5.32 Å². The molecule has 19 heavy (non-hydrogen) atoms. The molecule has 1 amide bonds. The molecule has 1 aliphatic heterocycles. The fraction of sp³-hybridized carbons (Fsp3) is 0.643. The second-order valence-electron chi connectivity index (χ2n) is 5.65. The highest BCUT2D eigenvalue weighted by atomic mass is 35.5. The van der Waals surface area contributed by atoms with Crippen LogP contribution in [0.3, 0.4) is 0 Å². The van der Waals surface area contributed by atoms with Crippen molar-refractivity contribution in [1.29, 1.82) is 0 Å². The summed E-state index contributed by atoms with van der Waals surface area (Å²) >= 11 is 5.83. The van der Waals surface area contributed by atoms with Crippen molar-refractivity contribution < 1.29 is 4.79 Å². The summed E-state index contributed by atoms with van der Waals surface area (Å²) in [6.45, 7) is 2.82. The van der Waals surface area contributed by atoms with E-state index in [1.165, 1.54) is 12.8 Å². The Morgan fingerprint density at radius 2 is 2.11 bits per heavy atom. The first-order valence-corrected chi connectivity index (χ1v) is 7.47. The second-order valence-corrected chi connectivity index (χ2v) is 6.09. The molecule has 5 heteroatoms. The van der Waals surface area contributed by atoms with Crippen molar-refractivity contribution in [1.82, 2.24) is 15.2 Å². The first-order chi connectivity index (χ1) is 9.22. The number of nitrogens with one attached hydrogen (secondary N) is 2. The van der Waals surface area contributed by atoms with E-state index in [1.54, 1.807) is 12.3 Å². The lowest BCUT2D eigenvalue weighted by Gasteiger charge is -2.32. The molecule has 1 aromatic rings. The van der Waals surface area contributed by atoms with Crippen LogP contribution >= 0.6 is 11.6 Å². The lowest BCUT2D eigenvalue weighted by Crippen LogP contribution is -2.45. The summed E-state index contributed by atoms with van der Waals surface area (Å²) in [6, 6.07) is 2.28. The third kappa shape index (κ3) is 3.31. The summed E-state index contributed by atoms with van der Waals surface area (Å²) in [4.78, 5) is 17.0. The molecule has 1 saturated carbocycles. The van der Waals surface area contributed by atoms with Gasteiger partial charge in [-0.3, -0.25) is 4.79 Å². The van der Waals surface area contributed by atoms with Crippen LogP contribution in [0.2, 0.25) is 5.02 Å². The molecule has 2 fully saturated rings. The van der Waals surface area contributed by atoms with Crippen LogP contribution in [-0.2, 0) is 0 Å². The Bertz CT molecular complexity index is 447. The van der Waals surface area contributed by atoms with Crippen molar-refractivity contribution in [2.45, 2.75) is 31.7 Å². The van der Waals surface area contributed by atoms with Crippen molar-refractivity contribution in [2.24, 2.45) is 5.92 Å². The zero-order valence-corrected chi connectivity index (χ0v) is 11.7. The maximum absolute atomic E-state index is 12.2. The van der Waals surface area contributed by atoms with Gasteiger partial charge in [-0.2, -0.15) is 0 Å². The van der Waals surface area contributed by atoms with Crippen molar-refractivity contribution in [3.05, 3.63) is 23.0 Å². The van der Waals surface area contributed by atoms with Crippen LogP contribution in [0.25, 0.3) is 0 Å². The quantitative estimate of drug-likeness (QED) is 0.889. The van der Waals surface area contributed by atoms with E-state index >= 15 is 0 Å². The van der Waals surface area contributed by atoms with Crippen LogP contribution in [0.5, 0.6) is 0 Å². The van der Waals surface area contributed by atoms with Crippen LogP contribution in [0.15, 0.2) is 12.3 Å². The summed E-state index contributed by atoms with van der Waals surface area (Å²) < 4.78 is 0. The van der Waals surface area contributed by atoms with Gasteiger partial charge in [0.25, 0.3) is 5.91 Å². The number of piperidine rings is 1. The standard InChI is InChI=1S/C14H20ClN3O/c15-11-7-13(17-9-11)14(19)18-5-3-12(4-6-18)16-8-10-1-2-10/h7,9-10,12,16-17H,1-6,8H2. The predicted molar refractivity (Wildman–Crippen MR) is 75.5 cm³/mol. The van der Waals surface area contributed by atoms with Gasteiger partial charge < -0.3 is 15.2 Å². The minimum atomic E-state index is 0.0625. The van der Waals surface area contributed by atoms with Crippen molar-refractivity contribution in [3.8, 4) is 0 Å². The molecule has 0 aromatic carbocycles. The lowest BCUT2D eigenvalue weighted by molar-refractivity contribution is 0.0699. The smallest absolute Gasteiger partial charge is 0.270 e. The molecule has 2 N–H and O–H groups in total. The first kappa shape index (κ1) is 13.0. The molecule has 2 heterocycles. The van der Waals surface area contributed by atoms with Gasteiger partial charge in [-0.25, -0.2) is 0 Å². The largest absolute Gasteiger partial charge is 0.356 e. The molecule has 1 saturated heterocycles. The number of aromatic nitrogens is 1. The van der Waals surface area contributed by atoms with Crippen LogP contribution in [0.1, 0.15) is 36.2 Å². The molecule has 3 rings (SSSR count). The third-order valence-corrected chi connectivity index (χ3v) is 4.27. The Hall–Kier alpha value is -1.00. The van der Waals surface area contributed by atoms with Gasteiger partial charge >= 0.3 is 0 Å². The molecule has 1 aromatic heterocycles. The summed E-state index contributed by atoms with van der Waals surface area (Å²) in [5.74, 6) is 0.980. The number of H-pyrrole nitrogens is 1. The van der Waals surface area contributed by atoms with Gasteiger partial charge in [0.2, 0.25) is 0 Å². The molecule has 104 valence electrons. The summed E-state index contributed by atoms with van der Waals surface area (Å²) in [5, 5.41) is 4.21. The zero-order valence-electron chi connectivity index (χ0n) is 11.0. The highest BCUT2D eigenvalue weighted by molar-refractivity contribution is 6.30. The Balaban J connectivity index is 1.47. The van der Waals surface area contributed by atoms with Crippen LogP contribution in [-0.4, -0.2) is 41.5 Å². The molecule has 4 nitrogen and oxygen atoms in total. The molecule has 0 bridgehead atoms. The van der Waals surface area contributed by atoms with Crippen molar-refractivity contribution in [2.75, 3.05) is 19.6 Å². The highest BCUT2D eigenvalue weighted by Crippen LogP contribution is 2.28. The molecular formula is C14H20ClN3O. The van der Waals surface area contributed by atoms with E-state index in [-0.39, 0.29) is 5.91 Å². The minimum absolute atomic E-state index is 0.0625. The van der Waals surface area contributed by atoms with Gasteiger partial charge in [0.15, 0.2) is 0 Å². The van der Waals surface area contributed by atoms with Crippen molar-refractivity contribution in [3.63, 3.8) is 0 Å². The minimum Gasteiger partial charge on any atom is -0.356 e. The number of halogens is 1. The SMILES string of the molecule is O=C(c1cc(Cl)c[nH]1)N1CCC(NCC2CC2)CC1. The number of hydrogen-bond acceptors (Lipinski definition) is 2. The van der Waals surface area contributed by atoms with Gasteiger partial charge in [-0.1, -0.05) is 11.6 Å². The lowest BCUT2D eigenvalue weighted by atomic mass is 10.0. The molecule has 0 radical (unpaired) electrons. The van der Waals surface area contributed by atoms with E-state index in [4.69, 9.17) is 11.6 Å². The fourth-order valence-corrected chi connectivity index (χ4v) is 2.77. The second kappa shape index (κ2) is 5.55. The number of nitrogens with zero attached hydrogens (tertiary/aromatic N) is 1. The van der Waals surface area contributed by atoms with Gasteiger partial charge in [0.05, 0.1) is 5.02 Å². The Morgan fingerprint density at radius 1 is 1.37 bits per heavy atom. The van der Waals surface area contributed by atoms with Crippen LogP contribution in [0, 0.1) is 5.92 Å². The van der Waals surface area contributed by atoms with Gasteiger partial charge in [0, 0.05) is 25.3 Å². The zero-order chi connectivity index (χ0) is 13.2. The molecule has 0 unspecified atom stereocenters. The molecule has 0 atom stereocenters. The maximum Gasteiger partial charge on any atom is 0.270 e. The predicted octanol–water partition coefficient (Wildman–Crippen LogP) is 2.27. The summed E-state index contributed by atoms with van der Waals surface area (Å²) in [6.07, 6.45) is 6.52. The number of amides is 1. The van der Waals surface area contributed by atoms with E-state index in [9.17, 15) is 4.79 Å². The maximum atomic E-state index is 12.2. The van der Waals surface area contributed by atoms with E-state index in [1.807, 2.05) is 4.90 Å². The molecule has 2 aliphatic rings. The van der Waals surface area contributed by atoms with E-state index in [0.29, 0.717) is 16.8 Å². The number of aromatic amines is 1. The Labute approximate surface area is 118 Å². The highest BCUT2D eigenvalue weighted by Gasteiger charge is 2.26. The molecular weight excluding hydrogens is 262 g/mol. The van der Waals surface area contributed by atoms with Gasteiger partial charge in [0.1, 0.15) is 5.69 Å². The molecule has 1 aliphatic carbocycles. The van der Waals surface area contributed by atoms with Crippen molar-refractivity contribution >= 4 is 17.5 Å². The van der Waals surface area contributed by atoms with E-state index in [0.717, 1.165) is 38.4 Å². The normalized spacial score (nSPS) is 20.8. The van der Waals surface area contributed by atoms with E-state index < -0.39 is 0 Å². The van der Waals surface area contributed by atoms with Crippen LogP contribution in [0.4, 0.5) is 0 Å². The summed E-state index contributed by atoms with van der Waals surface area (Å²) in [7, 11) is 0. The third-order valence-electron chi connectivity index (χ3n) is 4.05. The number of rotatable bonds is 4. The Kier molecular flexibility index (Phi) is 3.80. The van der Waals surface area contributed by atoms with E-state index in [2.05, 4.69) is 10.3 Å². The fourth-order valence-electron chi connectivity index (χ4n) is 2.60. The monoisotopic (exact) mass is 281 g/mol. The number of carbonyl (C=O) groups excluding carboxylic acids is 1. The van der Waals surface area contributed by atoms with Gasteiger partial charge in [-0.15, -0.1) is 0 Å². The Morgan fingerprint density at radius 3 is 2.68 bits per heavy atom. The molecule has 0 spiro atoms. The van der Waals surface area contributed by atoms with Gasteiger partial charge in [-0.05, 0) is 44.2 Å². The average molecular weight is 282 g/mol. The number of hydrogen-bond donors (Lipinski definition) is 2. The summed E-state index contributed by atoms with van der Waals surface area (Å²) in [5.41, 5.74) is 0.592. The average Bonchev–Trinajstić information content (AvgIpc) is 3.17. The topological polar surface area (TPSA) is 48.1 Å². The number of carbonyl (C=O) groups is 1.